The second-order valence-corrected chi connectivity index (χ2v) is 3.63. The summed E-state index contributed by atoms with van der Waals surface area (Å²) in [4.78, 5) is 15.2. The Hall–Kier alpha value is -1.49. The largest absolute Gasteiger partial charge is 0.396 e. The number of aliphatic hydroxyl groups is 1. The predicted octanol–water partition coefficient (Wildman–Crippen LogP) is 1.11. The fourth-order valence-corrected chi connectivity index (χ4v) is 1.31. The third-order valence-corrected chi connectivity index (χ3v) is 2.14. The molecule has 1 rings (SSSR count). The van der Waals surface area contributed by atoms with E-state index in [1.807, 2.05) is 6.92 Å². The molecule has 16 heavy (non-hydrogen) atoms. The molecule has 1 unspecified atom stereocenters. The number of hydrogen-bond donors (Lipinski definition) is 2. The lowest BCUT2D eigenvalue weighted by Gasteiger charge is -2.12. The lowest BCUT2D eigenvalue weighted by atomic mass is 10.1. The van der Waals surface area contributed by atoms with Crippen molar-refractivity contribution in [3.8, 4) is 0 Å². The number of amides is 1. The first kappa shape index (κ1) is 12.6. The molecule has 1 aromatic heterocycles. The monoisotopic (exact) mass is 226 g/mol. The molecule has 0 saturated carbocycles. The summed E-state index contributed by atoms with van der Waals surface area (Å²) in [6.07, 6.45) is 3.68. The Balaban J connectivity index is 2.52. The van der Waals surface area contributed by atoms with Crippen LogP contribution < -0.4 is 5.32 Å². The van der Waals surface area contributed by atoms with Gasteiger partial charge in [0.2, 0.25) is 0 Å². The van der Waals surface area contributed by atoms with Crippen LogP contribution in [0.4, 0.5) is 4.39 Å². The van der Waals surface area contributed by atoms with Gasteiger partial charge in [0.05, 0.1) is 11.8 Å². The minimum Gasteiger partial charge on any atom is -0.396 e. The Labute approximate surface area is 93.5 Å². The number of aliphatic hydroxyl groups excluding tert-OH is 1. The molecule has 0 aliphatic rings. The SMILES string of the molecule is CC(CCCO)NC(=O)c1cncc(F)c1. The number of carbonyl (C=O) groups excluding carboxylic acids is 1. The normalized spacial score (nSPS) is 12.2. The molecule has 2 N–H and O–H groups in total. The molecule has 1 heterocycles. The Morgan fingerprint density at radius 3 is 3.00 bits per heavy atom. The second kappa shape index (κ2) is 6.17. The zero-order chi connectivity index (χ0) is 12.0. The summed E-state index contributed by atoms with van der Waals surface area (Å²) < 4.78 is 12.8. The molecular weight excluding hydrogens is 211 g/mol. The quantitative estimate of drug-likeness (QED) is 0.790. The van der Waals surface area contributed by atoms with Crippen molar-refractivity contribution in [3.63, 3.8) is 0 Å². The molecule has 0 spiro atoms. The Morgan fingerprint density at radius 2 is 2.38 bits per heavy atom. The van der Waals surface area contributed by atoms with E-state index in [-0.39, 0.29) is 24.1 Å². The van der Waals surface area contributed by atoms with Crippen molar-refractivity contribution in [1.29, 1.82) is 0 Å². The highest BCUT2D eigenvalue weighted by Crippen LogP contribution is 2.02. The first-order chi connectivity index (χ1) is 7.63. The van der Waals surface area contributed by atoms with E-state index >= 15 is 0 Å². The molecule has 5 heteroatoms. The van der Waals surface area contributed by atoms with Gasteiger partial charge in [-0.15, -0.1) is 0 Å². The van der Waals surface area contributed by atoms with Crippen LogP contribution in [0.3, 0.4) is 0 Å². The first-order valence-corrected chi connectivity index (χ1v) is 5.15. The van der Waals surface area contributed by atoms with E-state index in [4.69, 9.17) is 5.11 Å². The second-order valence-electron chi connectivity index (χ2n) is 3.63. The van der Waals surface area contributed by atoms with Crippen LogP contribution in [-0.2, 0) is 0 Å². The number of nitrogens with one attached hydrogen (secondary N) is 1. The fraction of sp³-hybridized carbons (Fsp3) is 0.455. The van der Waals surface area contributed by atoms with Crippen LogP contribution in [0.1, 0.15) is 30.1 Å². The molecule has 4 nitrogen and oxygen atoms in total. The summed E-state index contributed by atoms with van der Waals surface area (Å²) in [6, 6.07) is 1.09. The number of nitrogens with zero attached hydrogens (tertiary/aromatic N) is 1. The van der Waals surface area contributed by atoms with Crippen LogP contribution in [0, 0.1) is 5.82 Å². The highest BCUT2D eigenvalue weighted by molar-refractivity contribution is 5.93. The number of rotatable bonds is 5. The van der Waals surface area contributed by atoms with Crippen LogP contribution in [0.25, 0.3) is 0 Å². The van der Waals surface area contributed by atoms with Crippen molar-refractivity contribution in [1.82, 2.24) is 10.3 Å². The Bertz CT molecular complexity index is 358. The van der Waals surface area contributed by atoms with Gasteiger partial charge >= 0.3 is 0 Å². The van der Waals surface area contributed by atoms with Gasteiger partial charge in [-0.3, -0.25) is 9.78 Å². The molecule has 0 aliphatic carbocycles. The minimum absolute atomic E-state index is 0.0529. The average molecular weight is 226 g/mol. The van der Waals surface area contributed by atoms with Crippen LogP contribution in [0.15, 0.2) is 18.5 Å². The van der Waals surface area contributed by atoms with E-state index in [2.05, 4.69) is 10.3 Å². The molecule has 0 bridgehead atoms. The van der Waals surface area contributed by atoms with Crippen molar-refractivity contribution in [3.05, 3.63) is 29.8 Å². The van der Waals surface area contributed by atoms with Gasteiger partial charge in [0.25, 0.3) is 5.91 Å². The molecule has 0 fully saturated rings. The minimum atomic E-state index is -0.532. The molecular formula is C11H15FN2O2. The zero-order valence-electron chi connectivity index (χ0n) is 9.11. The molecule has 0 aliphatic heterocycles. The van der Waals surface area contributed by atoms with Gasteiger partial charge in [-0.05, 0) is 25.8 Å². The number of halogens is 1. The van der Waals surface area contributed by atoms with Crippen molar-refractivity contribution in [2.24, 2.45) is 0 Å². The van der Waals surface area contributed by atoms with Gasteiger partial charge < -0.3 is 10.4 Å². The van der Waals surface area contributed by atoms with Gasteiger partial charge in [-0.25, -0.2) is 4.39 Å². The summed E-state index contributed by atoms with van der Waals surface area (Å²) in [6.45, 7) is 1.93. The molecule has 0 radical (unpaired) electrons. The maximum absolute atomic E-state index is 12.8. The summed E-state index contributed by atoms with van der Waals surface area (Å²) in [5, 5.41) is 11.3. The lowest BCUT2D eigenvalue weighted by molar-refractivity contribution is 0.0935. The molecule has 1 amide bonds. The van der Waals surface area contributed by atoms with E-state index in [1.165, 1.54) is 6.20 Å². The standard InChI is InChI=1S/C11H15FN2O2/c1-8(3-2-4-15)14-11(16)9-5-10(12)7-13-6-9/h5-8,15H,2-4H2,1H3,(H,14,16). The first-order valence-electron chi connectivity index (χ1n) is 5.15. The van der Waals surface area contributed by atoms with Gasteiger partial charge in [-0.1, -0.05) is 0 Å². The van der Waals surface area contributed by atoms with E-state index in [0.29, 0.717) is 12.8 Å². The van der Waals surface area contributed by atoms with Crippen LogP contribution in [0.5, 0.6) is 0 Å². The Kier molecular flexibility index (Phi) is 4.85. The van der Waals surface area contributed by atoms with Gasteiger partial charge in [-0.2, -0.15) is 0 Å². The van der Waals surface area contributed by atoms with Gasteiger partial charge in [0.15, 0.2) is 0 Å². The van der Waals surface area contributed by atoms with E-state index in [0.717, 1.165) is 12.3 Å². The summed E-state index contributed by atoms with van der Waals surface area (Å²) >= 11 is 0. The highest BCUT2D eigenvalue weighted by atomic mass is 19.1. The lowest BCUT2D eigenvalue weighted by Crippen LogP contribution is -2.32. The summed E-state index contributed by atoms with van der Waals surface area (Å²) in [5.41, 5.74) is 0.204. The summed E-state index contributed by atoms with van der Waals surface area (Å²) in [5.74, 6) is -0.881. The fourth-order valence-electron chi connectivity index (χ4n) is 1.31. The molecule has 1 aromatic rings. The third kappa shape index (κ3) is 3.94. The maximum Gasteiger partial charge on any atom is 0.253 e. The number of aromatic nitrogens is 1. The van der Waals surface area contributed by atoms with Crippen LogP contribution in [0.2, 0.25) is 0 Å². The average Bonchev–Trinajstić information content (AvgIpc) is 2.26. The van der Waals surface area contributed by atoms with Crippen molar-refractivity contribution in [2.75, 3.05) is 6.61 Å². The predicted molar refractivity (Wildman–Crippen MR) is 57.4 cm³/mol. The Morgan fingerprint density at radius 1 is 1.62 bits per heavy atom. The maximum atomic E-state index is 12.8. The van der Waals surface area contributed by atoms with E-state index in [1.54, 1.807) is 0 Å². The number of carbonyl (C=O) groups is 1. The van der Waals surface area contributed by atoms with Gasteiger partial charge in [0, 0.05) is 18.8 Å². The molecule has 88 valence electrons. The van der Waals surface area contributed by atoms with Crippen molar-refractivity contribution in [2.45, 2.75) is 25.8 Å². The van der Waals surface area contributed by atoms with Crippen molar-refractivity contribution < 1.29 is 14.3 Å². The van der Waals surface area contributed by atoms with Gasteiger partial charge in [0.1, 0.15) is 5.82 Å². The molecule has 0 saturated heterocycles. The zero-order valence-corrected chi connectivity index (χ0v) is 9.11. The van der Waals surface area contributed by atoms with Crippen LogP contribution >= 0.6 is 0 Å². The molecule has 1 atom stereocenters. The number of hydrogen-bond acceptors (Lipinski definition) is 3. The third-order valence-electron chi connectivity index (χ3n) is 2.14. The smallest absolute Gasteiger partial charge is 0.253 e. The highest BCUT2D eigenvalue weighted by Gasteiger charge is 2.10. The topological polar surface area (TPSA) is 62.2 Å². The van der Waals surface area contributed by atoms with Crippen LogP contribution in [-0.4, -0.2) is 28.6 Å². The van der Waals surface area contributed by atoms with E-state index in [9.17, 15) is 9.18 Å². The summed E-state index contributed by atoms with van der Waals surface area (Å²) in [7, 11) is 0. The molecule has 0 aromatic carbocycles. The van der Waals surface area contributed by atoms with Crippen molar-refractivity contribution >= 4 is 5.91 Å². The van der Waals surface area contributed by atoms with E-state index < -0.39 is 5.82 Å². The number of pyridine rings is 1.